The molecular weight excluding hydrogens is 648 g/mol. The first kappa shape index (κ1) is 29.3. The third-order valence-corrected chi connectivity index (χ3v) is 7.80. The van der Waals surface area contributed by atoms with Gasteiger partial charge >= 0.3 is 5.97 Å². The lowest BCUT2D eigenvalue weighted by atomic mass is 9.95. The monoisotopic (exact) mass is 676 g/mol. The van der Waals surface area contributed by atoms with Crippen LogP contribution in [0.2, 0.25) is 0 Å². The number of halogens is 2. The van der Waals surface area contributed by atoms with Crippen molar-refractivity contribution >= 4 is 55.2 Å². The minimum atomic E-state index is -0.766. The fourth-order valence-electron chi connectivity index (χ4n) is 4.34. The molecule has 2 heterocycles. The quantitative estimate of drug-likeness (QED) is 0.278. The van der Waals surface area contributed by atoms with Crippen LogP contribution in [0.3, 0.4) is 0 Å². The number of benzene rings is 2. The van der Waals surface area contributed by atoms with E-state index in [0.29, 0.717) is 37.7 Å². The number of ether oxygens (including phenoxy) is 3. The lowest BCUT2D eigenvalue weighted by Gasteiger charge is -2.26. The summed E-state index contributed by atoms with van der Waals surface area (Å²) in [6.07, 6.45) is 1.63. The fraction of sp³-hybridized carbons (Fsp3) is 0.345. The summed E-state index contributed by atoms with van der Waals surface area (Å²) in [6, 6.07) is 10.5. The Morgan fingerprint density at radius 2 is 1.82 bits per heavy atom. The summed E-state index contributed by atoms with van der Waals surface area (Å²) in [5, 5.41) is 0. The molecule has 3 aromatic rings. The normalized spacial score (nSPS) is 15.4. The van der Waals surface area contributed by atoms with Crippen LogP contribution in [-0.4, -0.2) is 29.4 Å². The minimum absolute atomic E-state index is 0.0666. The molecule has 0 aliphatic carbocycles. The highest BCUT2D eigenvalue weighted by atomic mass is 79.9. The number of fused-ring (bicyclic) bond motifs is 1. The number of nitrogens with zero attached hydrogens (tertiary/aromatic N) is 2. The van der Waals surface area contributed by atoms with Crippen LogP contribution in [0, 0.1) is 0 Å². The van der Waals surface area contributed by atoms with Gasteiger partial charge in [0.2, 0.25) is 0 Å². The molecule has 2 aromatic carbocycles. The average Bonchev–Trinajstić information content (AvgIpc) is 3.14. The van der Waals surface area contributed by atoms with Crippen molar-refractivity contribution in [3.63, 3.8) is 0 Å². The average molecular weight is 678 g/mol. The number of aromatic nitrogens is 1. The zero-order valence-corrected chi connectivity index (χ0v) is 26.6. The highest BCUT2D eigenvalue weighted by Crippen LogP contribution is 2.37. The van der Waals surface area contributed by atoms with E-state index in [9.17, 15) is 9.59 Å². The molecule has 7 nitrogen and oxygen atoms in total. The van der Waals surface area contributed by atoms with E-state index < -0.39 is 12.0 Å². The van der Waals surface area contributed by atoms with Crippen LogP contribution < -0.4 is 24.4 Å². The van der Waals surface area contributed by atoms with Gasteiger partial charge in [-0.15, -0.1) is 0 Å². The number of carbonyl (C=O) groups is 1. The van der Waals surface area contributed by atoms with Crippen molar-refractivity contribution in [2.45, 2.75) is 59.8 Å². The van der Waals surface area contributed by atoms with Crippen LogP contribution in [-0.2, 0) is 9.53 Å². The number of rotatable bonds is 8. The van der Waals surface area contributed by atoms with Gasteiger partial charge in [-0.25, -0.2) is 9.79 Å². The predicted octanol–water partition coefficient (Wildman–Crippen LogP) is 5.90. The van der Waals surface area contributed by atoms with Crippen molar-refractivity contribution < 1.29 is 19.0 Å². The molecule has 0 saturated carbocycles. The number of thiazole rings is 1. The van der Waals surface area contributed by atoms with Gasteiger partial charge in [-0.3, -0.25) is 9.36 Å². The van der Waals surface area contributed by atoms with Crippen LogP contribution >= 0.6 is 43.2 Å². The molecule has 0 amide bonds. The summed E-state index contributed by atoms with van der Waals surface area (Å²) >= 11 is 8.38. The molecule has 0 N–H and O–H groups in total. The van der Waals surface area contributed by atoms with Gasteiger partial charge in [0.05, 0.1) is 39.1 Å². The van der Waals surface area contributed by atoms with Crippen LogP contribution in [0.5, 0.6) is 11.5 Å². The zero-order chi connectivity index (χ0) is 28.4. The van der Waals surface area contributed by atoms with Gasteiger partial charge in [-0.1, -0.05) is 45.5 Å². The van der Waals surface area contributed by atoms with Gasteiger partial charge in [0, 0.05) is 15.6 Å². The van der Waals surface area contributed by atoms with Crippen molar-refractivity contribution in [1.82, 2.24) is 4.57 Å². The number of para-hydroxylation sites is 1. The van der Waals surface area contributed by atoms with Crippen LogP contribution in [0.1, 0.15) is 58.7 Å². The number of esters is 1. The Morgan fingerprint density at radius 1 is 1.13 bits per heavy atom. The molecule has 1 aliphatic heterocycles. The third-order valence-electron chi connectivity index (χ3n) is 5.77. The molecule has 1 aliphatic rings. The first-order valence-corrected chi connectivity index (χ1v) is 15.0. The Labute approximate surface area is 248 Å². The summed E-state index contributed by atoms with van der Waals surface area (Å²) < 4.78 is 21.2. The van der Waals surface area contributed by atoms with Gasteiger partial charge in [-0.2, -0.15) is 0 Å². The molecule has 206 valence electrons. The Bertz CT molecular complexity index is 1620. The molecule has 0 saturated heterocycles. The highest BCUT2D eigenvalue weighted by molar-refractivity contribution is 9.11. The van der Waals surface area contributed by atoms with Crippen LogP contribution in [0.4, 0.5) is 0 Å². The maximum Gasteiger partial charge on any atom is 0.338 e. The van der Waals surface area contributed by atoms with Crippen molar-refractivity contribution in [3.8, 4) is 11.5 Å². The topological polar surface area (TPSA) is 79.1 Å². The molecule has 4 rings (SSSR count). The van der Waals surface area contributed by atoms with E-state index in [2.05, 4.69) is 36.9 Å². The highest BCUT2D eigenvalue weighted by Gasteiger charge is 2.35. The number of hydrogen-bond acceptors (Lipinski definition) is 7. The van der Waals surface area contributed by atoms with E-state index >= 15 is 0 Å². The summed E-state index contributed by atoms with van der Waals surface area (Å²) in [6.45, 7) is 11.5. The first-order valence-electron chi connectivity index (χ1n) is 12.6. The van der Waals surface area contributed by atoms with E-state index in [1.807, 2.05) is 64.1 Å². The molecule has 0 radical (unpaired) electrons. The zero-order valence-electron chi connectivity index (χ0n) is 22.6. The third kappa shape index (κ3) is 6.23. The Morgan fingerprint density at radius 3 is 2.49 bits per heavy atom. The Balaban J connectivity index is 2.00. The number of carbonyl (C=O) groups excluding carboxylic acids is 1. The molecule has 0 spiro atoms. The smallest absolute Gasteiger partial charge is 0.338 e. The van der Waals surface area contributed by atoms with Crippen molar-refractivity contribution in [2.24, 2.45) is 4.99 Å². The van der Waals surface area contributed by atoms with Gasteiger partial charge in [0.1, 0.15) is 17.5 Å². The first-order chi connectivity index (χ1) is 18.5. The molecule has 10 heteroatoms. The SMILES string of the molecule is CCOC(=O)C1=C(C)N=c2s/c(=C\c3cc(Br)cc(Br)c3OC(C)C)c(=O)n2[C@@H]1c1ccccc1OC(C)C. The Kier molecular flexibility index (Phi) is 9.18. The second kappa shape index (κ2) is 12.2. The largest absolute Gasteiger partial charge is 0.491 e. The van der Waals surface area contributed by atoms with E-state index in [0.717, 1.165) is 14.5 Å². The predicted molar refractivity (Wildman–Crippen MR) is 160 cm³/mol. The van der Waals surface area contributed by atoms with Gasteiger partial charge in [-0.05, 0) is 81.7 Å². The number of hydrogen-bond donors (Lipinski definition) is 0. The van der Waals surface area contributed by atoms with Gasteiger partial charge in [0.15, 0.2) is 4.80 Å². The molecule has 1 aromatic heterocycles. The lowest BCUT2D eigenvalue weighted by molar-refractivity contribution is -0.139. The van der Waals surface area contributed by atoms with Crippen molar-refractivity contribution in [2.75, 3.05) is 6.61 Å². The maximum absolute atomic E-state index is 14.1. The summed E-state index contributed by atoms with van der Waals surface area (Å²) in [5.74, 6) is 0.711. The molecule has 39 heavy (non-hydrogen) atoms. The number of allylic oxidation sites excluding steroid dienone is 1. The van der Waals surface area contributed by atoms with Crippen molar-refractivity contribution in [3.05, 3.63) is 87.4 Å². The van der Waals surface area contributed by atoms with Gasteiger partial charge in [0.25, 0.3) is 5.56 Å². The standard InChI is InChI=1S/C29H30Br2N2O5S/c1-7-36-28(35)24-17(6)32-29-33(25(24)20-10-8-9-11-22(20)37-15(2)3)27(34)23(39-29)13-18-12-19(30)14-21(31)26(18)38-16(4)5/h8-16,25H,7H2,1-6H3/b23-13-/t25-/m1/s1. The maximum atomic E-state index is 14.1. The van der Waals surface area contributed by atoms with E-state index in [-0.39, 0.29) is 24.4 Å². The second-order valence-corrected chi connectivity index (χ2v) is 12.3. The van der Waals surface area contributed by atoms with E-state index in [4.69, 9.17) is 14.2 Å². The van der Waals surface area contributed by atoms with Gasteiger partial charge < -0.3 is 14.2 Å². The summed E-state index contributed by atoms with van der Waals surface area (Å²) in [7, 11) is 0. The van der Waals surface area contributed by atoms with E-state index in [1.165, 1.54) is 11.3 Å². The summed E-state index contributed by atoms with van der Waals surface area (Å²) in [4.78, 5) is 32.5. The van der Waals surface area contributed by atoms with E-state index in [1.54, 1.807) is 24.5 Å². The molecule has 0 fully saturated rings. The molecular formula is C29H30Br2N2O5S. The summed E-state index contributed by atoms with van der Waals surface area (Å²) in [5.41, 5.74) is 1.95. The fourth-order valence-corrected chi connectivity index (χ4v) is 6.73. The Hall–Kier alpha value is -2.69. The van der Waals surface area contributed by atoms with Crippen molar-refractivity contribution in [1.29, 1.82) is 0 Å². The lowest BCUT2D eigenvalue weighted by Crippen LogP contribution is -2.40. The van der Waals surface area contributed by atoms with Crippen LogP contribution in [0.15, 0.2) is 66.4 Å². The minimum Gasteiger partial charge on any atom is -0.491 e. The molecule has 0 unspecified atom stereocenters. The second-order valence-electron chi connectivity index (χ2n) is 9.48. The van der Waals surface area contributed by atoms with Crippen LogP contribution in [0.25, 0.3) is 6.08 Å². The molecule has 1 atom stereocenters. The molecule has 0 bridgehead atoms.